The van der Waals surface area contributed by atoms with Gasteiger partial charge in [0.05, 0.1) is 6.61 Å². The minimum Gasteiger partial charge on any atom is -0.395 e. The highest BCUT2D eigenvalue weighted by molar-refractivity contribution is 4.85. The summed E-state index contributed by atoms with van der Waals surface area (Å²) < 4.78 is 0. The minimum atomic E-state index is -0.0869. The summed E-state index contributed by atoms with van der Waals surface area (Å²) >= 11 is 0. The standard InChI is InChI=1S/C9H20N2O/c1-7(8-3-4-8)11(2)5-9(10)6-12/h7-9,12H,3-6,10H2,1-2H3. The molecule has 0 radical (unpaired) electrons. The van der Waals surface area contributed by atoms with Crippen molar-refractivity contribution in [1.82, 2.24) is 4.90 Å². The highest BCUT2D eigenvalue weighted by Crippen LogP contribution is 2.34. The number of aliphatic hydroxyl groups excluding tert-OH is 1. The van der Waals surface area contributed by atoms with Crippen LogP contribution in [0, 0.1) is 5.92 Å². The maximum Gasteiger partial charge on any atom is 0.0595 e. The van der Waals surface area contributed by atoms with E-state index in [0.717, 1.165) is 12.5 Å². The summed E-state index contributed by atoms with van der Waals surface area (Å²) in [6.07, 6.45) is 2.72. The predicted molar refractivity (Wildman–Crippen MR) is 49.9 cm³/mol. The van der Waals surface area contributed by atoms with E-state index >= 15 is 0 Å². The van der Waals surface area contributed by atoms with Crippen molar-refractivity contribution in [1.29, 1.82) is 0 Å². The van der Waals surface area contributed by atoms with Gasteiger partial charge in [-0.1, -0.05) is 0 Å². The molecule has 1 rings (SSSR count). The Morgan fingerprint density at radius 2 is 2.17 bits per heavy atom. The lowest BCUT2D eigenvalue weighted by molar-refractivity contribution is 0.183. The fourth-order valence-corrected chi connectivity index (χ4v) is 1.53. The van der Waals surface area contributed by atoms with Gasteiger partial charge in [0.25, 0.3) is 0 Å². The van der Waals surface area contributed by atoms with Crippen molar-refractivity contribution in [3.05, 3.63) is 0 Å². The van der Waals surface area contributed by atoms with E-state index in [2.05, 4.69) is 18.9 Å². The van der Waals surface area contributed by atoms with Gasteiger partial charge < -0.3 is 15.7 Å². The van der Waals surface area contributed by atoms with Crippen LogP contribution in [0.15, 0.2) is 0 Å². The van der Waals surface area contributed by atoms with Gasteiger partial charge >= 0.3 is 0 Å². The number of hydrogen-bond donors (Lipinski definition) is 2. The molecule has 0 aliphatic heterocycles. The monoisotopic (exact) mass is 172 g/mol. The van der Waals surface area contributed by atoms with Gasteiger partial charge in [-0.25, -0.2) is 0 Å². The zero-order chi connectivity index (χ0) is 9.14. The number of likely N-dealkylation sites (N-methyl/N-ethyl adjacent to an activating group) is 1. The van der Waals surface area contributed by atoms with Crippen molar-refractivity contribution >= 4 is 0 Å². The number of nitrogens with zero attached hydrogens (tertiary/aromatic N) is 1. The third-order valence-corrected chi connectivity index (χ3v) is 2.76. The lowest BCUT2D eigenvalue weighted by Crippen LogP contribution is -2.42. The minimum absolute atomic E-state index is 0.0850. The van der Waals surface area contributed by atoms with Crippen molar-refractivity contribution in [2.24, 2.45) is 11.7 Å². The Hall–Kier alpha value is -0.120. The van der Waals surface area contributed by atoms with Crippen LogP contribution in [0.4, 0.5) is 0 Å². The summed E-state index contributed by atoms with van der Waals surface area (Å²) in [6.45, 7) is 3.12. The molecule has 0 aromatic rings. The van der Waals surface area contributed by atoms with Crippen molar-refractivity contribution in [2.45, 2.75) is 31.8 Å². The van der Waals surface area contributed by atoms with E-state index in [9.17, 15) is 0 Å². The van der Waals surface area contributed by atoms with Crippen LogP contribution in [0.2, 0.25) is 0 Å². The lowest BCUT2D eigenvalue weighted by Gasteiger charge is -2.26. The number of hydrogen-bond acceptors (Lipinski definition) is 3. The molecule has 2 unspecified atom stereocenters. The Labute approximate surface area is 74.5 Å². The number of nitrogens with two attached hydrogens (primary N) is 1. The molecule has 0 aromatic carbocycles. The van der Waals surface area contributed by atoms with Gasteiger partial charge in [0.15, 0.2) is 0 Å². The van der Waals surface area contributed by atoms with Gasteiger partial charge in [-0.2, -0.15) is 0 Å². The Morgan fingerprint density at radius 1 is 1.58 bits per heavy atom. The van der Waals surface area contributed by atoms with Crippen molar-refractivity contribution in [2.75, 3.05) is 20.2 Å². The molecular formula is C9H20N2O. The molecule has 3 N–H and O–H groups in total. The van der Waals surface area contributed by atoms with E-state index in [1.807, 2.05) is 0 Å². The van der Waals surface area contributed by atoms with Crippen molar-refractivity contribution < 1.29 is 5.11 Å². The molecule has 1 aliphatic rings. The largest absolute Gasteiger partial charge is 0.395 e. The lowest BCUT2D eigenvalue weighted by atomic mass is 10.2. The maximum atomic E-state index is 8.77. The van der Waals surface area contributed by atoms with Gasteiger partial charge in [-0.05, 0) is 32.7 Å². The molecule has 0 spiro atoms. The average Bonchev–Trinajstić information content (AvgIpc) is 2.85. The van der Waals surface area contributed by atoms with Crippen molar-refractivity contribution in [3.8, 4) is 0 Å². The zero-order valence-corrected chi connectivity index (χ0v) is 8.03. The van der Waals surface area contributed by atoms with E-state index in [0.29, 0.717) is 6.04 Å². The molecule has 1 saturated carbocycles. The summed E-state index contributed by atoms with van der Waals surface area (Å²) in [5.41, 5.74) is 5.64. The molecule has 0 bridgehead atoms. The number of rotatable bonds is 5. The molecule has 1 aliphatic carbocycles. The second-order valence-corrected chi connectivity index (χ2v) is 3.96. The second-order valence-electron chi connectivity index (χ2n) is 3.96. The summed E-state index contributed by atoms with van der Waals surface area (Å²) in [5.74, 6) is 0.876. The first-order valence-electron chi connectivity index (χ1n) is 4.71. The maximum absolute atomic E-state index is 8.77. The predicted octanol–water partition coefficient (Wildman–Crippen LogP) is 0.0363. The highest BCUT2D eigenvalue weighted by Gasteiger charge is 2.30. The smallest absolute Gasteiger partial charge is 0.0595 e. The second kappa shape index (κ2) is 4.21. The zero-order valence-electron chi connectivity index (χ0n) is 8.03. The van der Waals surface area contributed by atoms with Gasteiger partial charge in [0.1, 0.15) is 0 Å². The van der Waals surface area contributed by atoms with Crippen LogP contribution < -0.4 is 5.73 Å². The van der Waals surface area contributed by atoms with E-state index < -0.39 is 0 Å². The first kappa shape index (κ1) is 9.96. The summed E-state index contributed by atoms with van der Waals surface area (Å²) in [4.78, 5) is 2.25. The highest BCUT2D eigenvalue weighted by atomic mass is 16.3. The quantitative estimate of drug-likeness (QED) is 0.615. The van der Waals surface area contributed by atoms with E-state index in [-0.39, 0.29) is 12.6 Å². The van der Waals surface area contributed by atoms with Crippen LogP contribution in [0.5, 0.6) is 0 Å². The molecule has 12 heavy (non-hydrogen) atoms. The van der Waals surface area contributed by atoms with Crippen LogP contribution in [-0.2, 0) is 0 Å². The topological polar surface area (TPSA) is 49.5 Å². The fourth-order valence-electron chi connectivity index (χ4n) is 1.53. The third-order valence-electron chi connectivity index (χ3n) is 2.76. The van der Waals surface area contributed by atoms with Gasteiger partial charge in [0, 0.05) is 18.6 Å². The van der Waals surface area contributed by atoms with E-state index in [4.69, 9.17) is 10.8 Å². The Balaban J connectivity index is 2.21. The van der Waals surface area contributed by atoms with Gasteiger partial charge in [-0.15, -0.1) is 0 Å². The van der Waals surface area contributed by atoms with Crippen LogP contribution in [-0.4, -0.2) is 42.3 Å². The molecule has 1 fully saturated rings. The summed E-state index contributed by atoms with van der Waals surface area (Å²) in [5, 5.41) is 8.77. The van der Waals surface area contributed by atoms with Crippen molar-refractivity contribution in [3.63, 3.8) is 0 Å². The van der Waals surface area contributed by atoms with Gasteiger partial charge in [-0.3, -0.25) is 0 Å². The van der Waals surface area contributed by atoms with Gasteiger partial charge in [0.2, 0.25) is 0 Å². The SMILES string of the molecule is CC(C1CC1)N(C)CC(N)CO. The Bertz CT molecular complexity index is 136. The molecule has 3 heteroatoms. The third kappa shape index (κ3) is 2.73. The van der Waals surface area contributed by atoms with E-state index in [1.54, 1.807) is 0 Å². The van der Waals surface area contributed by atoms with Crippen LogP contribution in [0.25, 0.3) is 0 Å². The Kier molecular flexibility index (Phi) is 3.50. The van der Waals surface area contributed by atoms with E-state index in [1.165, 1.54) is 12.8 Å². The normalized spacial score (nSPS) is 22.8. The fraction of sp³-hybridized carbons (Fsp3) is 1.00. The molecule has 0 amide bonds. The van der Waals surface area contributed by atoms with Crippen LogP contribution in [0.3, 0.4) is 0 Å². The summed E-state index contributed by atoms with van der Waals surface area (Å²) in [6, 6.07) is 0.541. The molecule has 3 nitrogen and oxygen atoms in total. The number of aliphatic hydroxyl groups is 1. The molecule has 0 heterocycles. The first-order valence-corrected chi connectivity index (χ1v) is 4.71. The molecule has 72 valence electrons. The molecule has 2 atom stereocenters. The first-order chi connectivity index (χ1) is 5.65. The molecule has 0 saturated heterocycles. The molecular weight excluding hydrogens is 152 g/mol. The Morgan fingerprint density at radius 3 is 2.58 bits per heavy atom. The summed E-state index contributed by atoms with van der Waals surface area (Å²) in [7, 11) is 2.08. The van der Waals surface area contributed by atoms with Crippen LogP contribution >= 0.6 is 0 Å². The average molecular weight is 172 g/mol. The molecule has 0 aromatic heterocycles. The van der Waals surface area contributed by atoms with Crippen LogP contribution in [0.1, 0.15) is 19.8 Å².